The fourth-order valence-corrected chi connectivity index (χ4v) is 2.26. The predicted molar refractivity (Wildman–Crippen MR) is 73.9 cm³/mol. The molecule has 0 fully saturated rings. The van der Waals surface area contributed by atoms with Gasteiger partial charge in [-0.05, 0) is 30.7 Å². The third-order valence-corrected chi connectivity index (χ3v) is 3.24. The number of rotatable bonds is 2. The molecule has 0 radical (unpaired) electrons. The molecule has 3 rings (SSSR count). The second-order valence-corrected chi connectivity index (χ2v) is 4.64. The topological polar surface area (TPSA) is 47.3 Å². The molecule has 0 saturated carbocycles. The van der Waals surface area contributed by atoms with Crippen molar-refractivity contribution in [3.05, 3.63) is 53.6 Å². The van der Waals surface area contributed by atoms with Crippen LogP contribution in [0.5, 0.6) is 5.75 Å². The van der Waals surface area contributed by atoms with Gasteiger partial charge < -0.3 is 15.8 Å². The molecule has 3 nitrogen and oxygen atoms in total. The van der Waals surface area contributed by atoms with Crippen molar-refractivity contribution >= 4 is 11.4 Å². The zero-order valence-electron chi connectivity index (χ0n) is 10.3. The van der Waals surface area contributed by atoms with Crippen LogP contribution in [0.2, 0.25) is 0 Å². The summed E-state index contributed by atoms with van der Waals surface area (Å²) in [5.41, 5.74) is 10.1. The smallest absolute Gasteiger partial charge is 0.124 e. The molecule has 3 heteroatoms. The van der Waals surface area contributed by atoms with Crippen molar-refractivity contribution in [2.75, 3.05) is 17.7 Å². The van der Waals surface area contributed by atoms with Gasteiger partial charge in [-0.3, -0.25) is 0 Å². The first-order chi connectivity index (χ1) is 8.74. The Kier molecular flexibility index (Phi) is 2.59. The standard InChI is InChI=1S/C15H16N2O/c1-10-6-7-12(16)13(8-10)17-14-9-18-15-5-3-2-4-11(14)15/h2-8,14,17H,9,16H2,1H3. The molecule has 1 atom stereocenters. The van der Waals surface area contributed by atoms with Crippen molar-refractivity contribution in [1.82, 2.24) is 0 Å². The molecule has 2 aromatic rings. The minimum atomic E-state index is 0.172. The van der Waals surface area contributed by atoms with Gasteiger partial charge in [-0.25, -0.2) is 0 Å². The lowest BCUT2D eigenvalue weighted by molar-refractivity contribution is 0.340. The molecule has 1 unspecified atom stereocenters. The van der Waals surface area contributed by atoms with E-state index in [4.69, 9.17) is 10.5 Å². The van der Waals surface area contributed by atoms with Crippen LogP contribution in [0.3, 0.4) is 0 Å². The lowest BCUT2D eigenvalue weighted by atomic mass is 10.1. The Balaban J connectivity index is 1.88. The van der Waals surface area contributed by atoms with E-state index in [1.54, 1.807) is 0 Å². The molecule has 92 valence electrons. The van der Waals surface area contributed by atoms with E-state index in [9.17, 15) is 0 Å². The maximum atomic E-state index is 5.98. The summed E-state index contributed by atoms with van der Waals surface area (Å²) in [6.07, 6.45) is 0. The summed E-state index contributed by atoms with van der Waals surface area (Å²) < 4.78 is 5.65. The number of nitrogen functional groups attached to an aromatic ring is 1. The van der Waals surface area contributed by atoms with Crippen molar-refractivity contribution in [2.45, 2.75) is 13.0 Å². The van der Waals surface area contributed by atoms with Crippen LogP contribution in [-0.2, 0) is 0 Å². The van der Waals surface area contributed by atoms with E-state index in [0.29, 0.717) is 6.61 Å². The maximum absolute atomic E-state index is 5.98. The molecule has 0 aliphatic carbocycles. The second-order valence-electron chi connectivity index (χ2n) is 4.64. The van der Waals surface area contributed by atoms with Crippen LogP contribution in [0, 0.1) is 6.92 Å². The SMILES string of the molecule is Cc1ccc(N)c(NC2COc3ccccc32)c1. The summed E-state index contributed by atoms with van der Waals surface area (Å²) in [7, 11) is 0. The number of hydrogen-bond donors (Lipinski definition) is 2. The second kappa shape index (κ2) is 4.26. The van der Waals surface area contributed by atoms with Crippen molar-refractivity contribution in [2.24, 2.45) is 0 Å². The van der Waals surface area contributed by atoms with Gasteiger partial charge in [0.1, 0.15) is 12.4 Å². The van der Waals surface area contributed by atoms with Crippen molar-refractivity contribution in [1.29, 1.82) is 0 Å². The fourth-order valence-electron chi connectivity index (χ4n) is 2.26. The van der Waals surface area contributed by atoms with Gasteiger partial charge in [0.05, 0.1) is 17.4 Å². The summed E-state index contributed by atoms with van der Waals surface area (Å²) in [4.78, 5) is 0. The molecule has 3 N–H and O–H groups in total. The molecule has 0 bridgehead atoms. The van der Waals surface area contributed by atoms with Crippen LogP contribution < -0.4 is 15.8 Å². The average Bonchev–Trinajstić information content (AvgIpc) is 2.78. The van der Waals surface area contributed by atoms with Crippen molar-refractivity contribution in [3.63, 3.8) is 0 Å². The van der Waals surface area contributed by atoms with Crippen molar-refractivity contribution < 1.29 is 4.74 Å². The van der Waals surface area contributed by atoms with E-state index in [2.05, 4.69) is 24.4 Å². The molecule has 0 aromatic heterocycles. The van der Waals surface area contributed by atoms with Crippen LogP contribution in [0.1, 0.15) is 17.2 Å². The van der Waals surface area contributed by atoms with Gasteiger partial charge in [-0.1, -0.05) is 24.3 Å². The summed E-state index contributed by atoms with van der Waals surface area (Å²) >= 11 is 0. The fraction of sp³-hybridized carbons (Fsp3) is 0.200. The van der Waals surface area contributed by atoms with Crippen LogP contribution in [-0.4, -0.2) is 6.61 Å². The molecule has 0 spiro atoms. The summed E-state index contributed by atoms with van der Waals surface area (Å²) in [6.45, 7) is 2.70. The molecule has 2 aromatic carbocycles. The lowest BCUT2D eigenvalue weighted by Gasteiger charge is -2.15. The van der Waals surface area contributed by atoms with Gasteiger partial charge in [0.25, 0.3) is 0 Å². The maximum Gasteiger partial charge on any atom is 0.124 e. The van der Waals surface area contributed by atoms with Crippen molar-refractivity contribution in [3.8, 4) is 5.75 Å². The molecule has 1 heterocycles. The third kappa shape index (κ3) is 1.88. The Hall–Kier alpha value is -2.16. The first-order valence-corrected chi connectivity index (χ1v) is 6.08. The Morgan fingerprint density at radius 1 is 1.22 bits per heavy atom. The first kappa shape index (κ1) is 11.0. The highest BCUT2D eigenvalue weighted by Gasteiger charge is 2.23. The van der Waals surface area contributed by atoms with E-state index in [1.165, 1.54) is 11.1 Å². The average molecular weight is 240 g/mol. The highest BCUT2D eigenvalue weighted by Crippen LogP contribution is 2.35. The summed E-state index contributed by atoms with van der Waals surface area (Å²) in [5.74, 6) is 0.959. The van der Waals surface area contributed by atoms with Gasteiger partial charge in [0, 0.05) is 5.56 Å². The van der Waals surface area contributed by atoms with E-state index >= 15 is 0 Å². The number of ether oxygens (including phenoxy) is 1. The summed E-state index contributed by atoms with van der Waals surface area (Å²) in [6, 6.07) is 14.3. The highest BCUT2D eigenvalue weighted by molar-refractivity contribution is 5.68. The number of para-hydroxylation sites is 1. The normalized spacial score (nSPS) is 17.1. The number of benzene rings is 2. The monoisotopic (exact) mass is 240 g/mol. The minimum absolute atomic E-state index is 0.172. The van der Waals surface area contributed by atoms with E-state index in [0.717, 1.165) is 17.1 Å². The Bertz CT molecular complexity index is 580. The van der Waals surface area contributed by atoms with Gasteiger partial charge in [0.2, 0.25) is 0 Å². The number of aryl methyl sites for hydroxylation is 1. The van der Waals surface area contributed by atoms with Crippen LogP contribution in [0.15, 0.2) is 42.5 Å². The number of nitrogens with one attached hydrogen (secondary N) is 1. The number of fused-ring (bicyclic) bond motifs is 1. The van der Waals surface area contributed by atoms with Crippen LogP contribution in [0.25, 0.3) is 0 Å². The zero-order valence-corrected chi connectivity index (χ0v) is 10.3. The quantitative estimate of drug-likeness (QED) is 0.793. The molecule has 0 saturated heterocycles. The first-order valence-electron chi connectivity index (χ1n) is 6.08. The molecular weight excluding hydrogens is 224 g/mol. The minimum Gasteiger partial charge on any atom is -0.491 e. The van der Waals surface area contributed by atoms with Gasteiger partial charge in [-0.2, -0.15) is 0 Å². The molecule has 1 aliphatic heterocycles. The molecule has 0 amide bonds. The Labute approximate surface area is 107 Å². The Morgan fingerprint density at radius 3 is 2.94 bits per heavy atom. The van der Waals surface area contributed by atoms with E-state index in [1.807, 2.05) is 30.3 Å². The summed E-state index contributed by atoms with van der Waals surface area (Å²) in [5, 5.41) is 3.46. The highest BCUT2D eigenvalue weighted by atomic mass is 16.5. The zero-order chi connectivity index (χ0) is 12.5. The molecule has 18 heavy (non-hydrogen) atoms. The third-order valence-electron chi connectivity index (χ3n) is 3.24. The molecular formula is C15H16N2O. The van der Waals surface area contributed by atoms with E-state index < -0.39 is 0 Å². The van der Waals surface area contributed by atoms with Crippen LogP contribution in [0.4, 0.5) is 11.4 Å². The van der Waals surface area contributed by atoms with Gasteiger partial charge in [-0.15, -0.1) is 0 Å². The number of hydrogen-bond acceptors (Lipinski definition) is 3. The Morgan fingerprint density at radius 2 is 2.06 bits per heavy atom. The van der Waals surface area contributed by atoms with Crippen LogP contribution >= 0.6 is 0 Å². The van der Waals surface area contributed by atoms with Gasteiger partial charge >= 0.3 is 0 Å². The number of nitrogens with two attached hydrogens (primary N) is 1. The molecule has 1 aliphatic rings. The van der Waals surface area contributed by atoms with Gasteiger partial charge in [0.15, 0.2) is 0 Å². The number of anilines is 2. The largest absolute Gasteiger partial charge is 0.491 e. The lowest BCUT2D eigenvalue weighted by Crippen LogP contribution is -2.13. The van der Waals surface area contributed by atoms with E-state index in [-0.39, 0.29) is 6.04 Å². The predicted octanol–water partition coefficient (Wildman–Crippen LogP) is 3.12.